The first kappa shape index (κ1) is 17.0. The summed E-state index contributed by atoms with van der Waals surface area (Å²) in [6.07, 6.45) is 0.632. The zero-order valence-electron chi connectivity index (χ0n) is 11.8. The van der Waals surface area contributed by atoms with Gasteiger partial charge in [0.15, 0.2) is 0 Å². The number of likely N-dealkylation sites (N-methyl/N-ethyl adjacent to an activating group) is 1. The minimum absolute atomic E-state index is 0.00212. The fourth-order valence-electron chi connectivity index (χ4n) is 1.73. The maximum atomic E-state index is 12.5. The minimum atomic E-state index is -4.36. The molecule has 0 aromatic heterocycles. The lowest BCUT2D eigenvalue weighted by Gasteiger charge is -2.17. The van der Waals surface area contributed by atoms with Crippen molar-refractivity contribution in [2.75, 3.05) is 21.3 Å². The third-order valence-electron chi connectivity index (χ3n) is 2.81. The van der Waals surface area contributed by atoms with Crippen LogP contribution in [0.3, 0.4) is 0 Å². The highest BCUT2D eigenvalue weighted by atomic mass is 32.2. The number of hydrogen-bond acceptors (Lipinski definition) is 4. The van der Waals surface area contributed by atoms with Crippen molar-refractivity contribution in [2.24, 2.45) is 0 Å². The molecule has 7 heteroatoms. The highest BCUT2D eigenvalue weighted by molar-refractivity contribution is 8.00. The number of halogens is 3. The van der Waals surface area contributed by atoms with E-state index in [2.05, 4.69) is 5.32 Å². The summed E-state index contributed by atoms with van der Waals surface area (Å²) in [6, 6.07) is 3.14. The summed E-state index contributed by atoms with van der Waals surface area (Å²) < 4.78 is 47.8. The molecule has 0 radical (unpaired) electrons. The van der Waals surface area contributed by atoms with Crippen LogP contribution in [0, 0.1) is 0 Å². The smallest absolute Gasteiger partial charge is 0.446 e. The highest BCUT2D eigenvalue weighted by Gasteiger charge is 2.31. The van der Waals surface area contributed by atoms with Gasteiger partial charge in [-0.3, -0.25) is 0 Å². The lowest BCUT2D eigenvalue weighted by Crippen LogP contribution is -2.23. The predicted molar refractivity (Wildman–Crippen MR) is 73.7 cm³/mol. The van der Waals surface area contributed by atoms with Crippen LogP contribution in [0.25, 0.3) is 0 Å². The Morgan fingerprint density at radius 3 is 2.25 bits per heavy atom. The average molecular weight is 309 g/mol. The second-order valence-electron chi connectivity index (χ2n) is 4.26. The Morgan fingerprint density at radius 2 is 1.80 bits per heavy atom. The van der Waals surface area contributed by atoms with Gasteiger partial charge in [-0.25, -0.2) is 0 Å². The Morgan fingerprint density at radius 1 is 1.20 bits per heavy atom. The molecule has 0 heterocycles. The molecule has 0 amide bonds. The number of thioether (sulfide) groups is 1. The number of benzene rings is 1. The van der Waals surface area contributed by atoms with Crippen molar-refractivity contribution in [1.29, 1.82) is 0 Å². The van der Waals surface area contributed by atoms with E-state index < -0.39 is 5.51 Å². The molecule has 1 unspecified atom stereocenters. The molecule has 1 aromatic carbocycles. The first-order valence-electron chi connectivity index (χ1n) is 5.98. The van der Waals surface area contributed by atoms with Crippen molar-refractivity contribution in [2.45, 2.75) is 29.8 Å². The van der Waals surface area contributed by atoms with E-state index in [0.29, 0.717) is 12.2 Å². The predicted octanol–water partition coefficient (Wildman–Crippen LogP) is 3.47. The van der Waals surface area contributed by atoms with E-state index in [9.17, 15) is 13.2 Å². The molecular weight excluding hydrogens is 291 g/mol. The summed E-state index contributed by atoms with van der Waals surface area (Å²) in [5, 5.41) is 3.07. The number of methoxy groups -OCH3 is 2. The fraction of sp³-hybridized carbons (Fsp3) is 0.538. The van der Waals surface area contributed by atoms with E-state index in [-0.39, 0.29) is 28.4 Å². The number of rotatable bonds is 6. The molecule has 114 valence electrons. The molecule has 1 aromatic rings. The lowest BCUT2D eigenvalue weighted by atomic mass is 10.1. The van der Waals surface area contributed by atoms with Crippen molar-refractivity contribution < 1.29 is 22.6 Å². The third-order valence-corrected chi connectivity index (χ3v) is 3.58. The largest absolute Gasteiger partial charge is 0.496 e. The number of ether oxygens (including phenoxy) is 2. The Kier molecular flexibility index (Phi) is 6.01. The molecule has 1 rings (SSSR count). The van der Waals surface area contributed by atoms with Gasteiger partial charge < -0.3 is 14.8 Å². The van der Waals surface area contributed by atoms with E-state index in [1.54, 1.807) is 6.07 Å². The minimum Gasteiger partial charge on any atom is -0.496 e. The summed E-state index contributed by atoms with van der Waals surface area (Å²) in [4.78, 5) is -0.00212. The molecular formula is C13H18F3NO2S. The maximum Gasteiger partial charge on any atom is 0.446 e. The molecule has 3 nitrogen and oxygen atoms in total. The second kappa shape index (κ2) is 7.08. The van der Waals surface area contributed by atoms with Gasteiger partial charge in [-0.2, -0.15) is 13.2 Å². The second-order valence-corrected chi connectivity index (χ2v) is 5.36. The van der Waals surface area contributed by atoms with Crippen molar-refractivity contribution in [3.8, 4) is 11.5 Å². The van der Waals surface area contributed by atoms with Crippen LogP contribution in [0.15, 0.2) is 17.0 Å². The average Bonchev–Trinajstić information content (AvgIpc) is 2.37. The van der Waals surface area contributed by atoms with E-state index in [4.69, 9.17) is 9.47 Å². The van der Waals surface area contributed by atoms with Gasteiger partial charge in [0.2, 0.25) is 0 Å². The summed E-state index contributed by atoms with van der Waals surface area (Å²) >= 11 is -0.206. The fourth-order valence-corrected chi connectivity index (χ4v) is 2.39. The molecule has 0 saturated carbocycles. The summed E-state index contributed by atoms with van der Waals surface area (Å²) in [6.45, 7) is 1.98. The van der Waals surface area contributed by atoms with Gasteiger partial charge in [0.25, 0.3) is 0 Å². The zero-order chi connectivity index (χ0) is 15.3. The monoisotopic (exact) mass is 309 g/mol. The molecule has 0 aliphatic rings. The molecule has 0 aliphatic carbocycles. The van der Waals surface area contributed by atoms with Crippen LogP contribution < -0.4 is 14.8 Å². The van der Waals surface area contributed by atoms with Crippen molar-refractivity contribution in [3.05, 3.63) is 17.7 Å². The van der Waals surface area contributed by atoms with Crippen molar-refractivity contribution >= 4 is 11.8 Å². The van der Waals surface area contributed by atoms with Crippen LogP contribution in [-0.4, -0.2) is 32.8 Å². The number of hydrogen-bond donors (Lipinski definition) is 1. The topological polar surface area (TPSA) is 30.5 Å². The normalized spacial score (nSPS) is 13.2. The lowest BCUT2D eigenvalue weighted by molar-refractivity contribution is -0.0328. The van der Waals surface area contributed by atoms with Crippen LogP contribution in [-0.2, 0) is 6.42 Å². The Bertz CT molecular complexity index is 452. The quantitative estimate of drug-likeness (QED) is 0.815. The highest BCUT2D eigenvalue weighted by Crippen LogP contribution is 2.44. The Labute approximate surface area is 120 Å². The van der Waals surface area contributed by atoms with E-state index >= 15 is 0 Å². The van der Waals surface area contributed by atoms with Crippen LogP contribution in [0.5, 0.6) is 11.5 Å². The zero-order valence-corrected chi connectivity index (χ0v) is 12.6. The van der Waals surface area contributed by atoms with Gasteiger partial charge in [-0.15, -0.1) is 0 Å². The van der Waals surface area contributed by atoms with E-state index in [1.807, 2.05) is 14.0 Å². The Hall–Kier alpha value is -1.08. The van der Waals surface area contributed by atoms with Gasteiger partial charge in [-0.05, 0) is 49.9 Å². The first-order chi connectivity index (χ1) is 9.30. The van der Waals surface area contributed by atoms with Gasteiger partial charge in [0, 0.05) is 6.04 Å². The van der Waals surface area contributed by atoms with Crippen LogP contribution in [0.1, 0.15) is 12.5 Å². The van der Waals surface area contributed by atoms with Gasteiger partial charge in [-0.1, -0.05) is 0 Å². The first-order valence-corrected chi connectivity index (χ1v) is 6.80. The summed E-state index contributed by atoms with van der Waals surface area (Å²) in [7, 11) is 4.62. The molecule has 20 heavy (non-hydrogen) atoms. The Balaban J connectivity index is 3.16. The molecule has 0 aliphatic heterocycles. The van der Waals surface area contributed by atoms with Gasteiger partial charge in [0.05, 0.1) is 19.1 Å². The van der Waals surface area contributed by atoms with E-state index in [1.165, 1.54) is 20.3 Å². The molecule has 0 fully saturated rings. The van der Waals surface area contributed by atoms with Crippen LogP contribution in [0.4, 0.5) is 13.2 Å². The van der Waals surface area contributed by atoms with Crippen LogP contribution >= 0.6 is 11.8 Å². The van der Waals surface area contributed by atoms with Crippen molar-refractivity contribution in [1.82, 2.24) is 5.32 Å². The van der Waals surface area contributed by atoms with Crippen molar-refractivity contribution in [3.63, 3.8) is 0 Å². The number of nitrogens with one attached hydrogen (secondary N) is 1. The molecule has 0 bridgehead atoms. The summed E-state index contributed by atoms with van der Waals surface area (Å²) in [5.74, 6) is 0.631. The van der Waals surface area contributed by atoms with Gasteiger partial charge in [0.1, 0.15) is 11.5 Å². The van der Waals surface area contributed by atoms with Crippen LogP contribution in [0.2, 0.25) is 0 Å². The van der Waals surface area contributed by atoms with E-state index in [0.717, 1.165) is 5.56 Å². The molecule has 1 N–H and O–H groups in total. The standard InChI is InChI=1S/C13H18F3NO2S/c1-8(17-2)5-9-6-11(19-4)12(7-10(9)18-3)20-13(14,15)16/h6-8,17H,5H2,1-4H3. The third kappa shape index (κ3) is 4.79. The summed E-state index contributed by atoms with van der Waals surface area (Å²) in [5.41, 5.74) is -3.56. The molecule has 1 atom stereocenters. The molecule has 0 spiro atoms. The molecule has 0 saturated heterocycles. The van der Waals surface area contributed by atoms with Gasteiger partial charge >= 0.3 is 5.51 Å². The number of alkyl halides is 3. The SMILES string of the molecule is CNC(C)Cc1cc(OC)c(SC(F)(F)F)cc1OC. The maximum absolute atomic E-state index is 12.5.